The minimum Gasteiger partial charge on any atom is -0.240 e. The van der Waals surface area contributed by atoms with Gasteiger partial charge in [-0.2, -0.15) is 0 Å². The number of unbranched alkanes of at least 4 members (excludes halogenated alkanes) is 2. The molecule has 0 aromatic carbocycles. The van der Waals surface area contributed by atoms with E-state index in [1.54, 1.807) is 0 Å². The number of allylic oxidation sites excluding steroid dienone is 1. The average molecular weight is 257 g/mol. The molecule has 18 heavy (non-hydrogen) atoms. The summed E-state index contributed by atoms with van der Waals surface area (Å²) in [6.07, 6.45) is 7.89. The molecule has 1 heterocycles. The first-order valence-electron chi connectivity index (χ1n) is 6.68. The Morgan fingerprint density at radius 3 is 2.72 bits per heavy atom. The Morgan fingerprint density at radius 1 is 1.28 bits per heavy atom. The van der Waals surface area contributed by atoms with Gasteiger partial charge in [-0.05, 0) is 24.6 Å². The van der Waals surface area contributed by atoms with Gasteiger partial charge in [-0.15, -0.1) is 5.54 Å². The summed E-state index contributed by atoms with van der Waals surface area (Å²) in [6.45, 7) is 8.94. The fraction of sp³-hybridized carbons (Fsp3) is 0.438. The van der Waals surface area contributed by atoms with Crippen LogP contribution >= 0.6 is 0 Å². The lowest BCUT2D eigenvalue weighted by Crippen LogP contribution is -2.16. The van der Waals surface area contributed by atoms with Crippen LogP contribution in [0.5, 0.6) is 0 Å². The molecule has 0 N–H and O–H groups in total. The lowest BCUT2D eigenvalue weighted by molar-refractivity contribution is 0.816. The van der Waals surface area contributed by atoms with Gasteiger partial charge in [0.05, 0.1) is 5.69 Å². The van der Waals surface area contributed by atoms with E-state index in [4.69, 9.17) is 0 Å². The molecule has 0 fully saturated rings. The first-order chi connectivity index (χ1) is 8.51. The fourth-order valence-corrected chi connectivity index (χ4v) is 1.89. The highest BCUT2D eigenvalue weighted by atomic mass is 28.3. The van der Waals surface area contributed by atoms with Crippen LogP contribution in [-0.4, -0.2) is 13.1 Å². The van der Waals surface area contributed by atoms with Crippen LogP contribution in [0, 0.1) is 11.5 Å². The highest BCUT2D eigenvalue weighted by Gasteiger charge is 2.07. The van der Waals surface area contributed by atoms with Crippen LogP contribution < -0.4 is 0 Å². The van der Waals surface area contributed by atoms with Gasteiger partial charge in [-0.1, -0.05) is 57.5 Å². The average Bonchev–Trinajstić information content (AvgIpc) is 2.32. The van der Waals surface area contributed by atoms with Gasteiger partial charge in [0.15, 0.2) is 0 Å². The van der Waals surface area contributed by atoms with E-state index >= 15 is 0 Å². The Hall–Kier alpha value is -1.33. The van der Waals surface area contributed by atoms with E-state index in [0.29, 0.717) is 0 Å². The van der Waals surface area contributed by atoms with E-state index in [1.807, 2.05) is 18.2 Å². The van der Waals surface area contributed by atoms with Crippen molar-refractivity contribution in [3.63, 3.8) is 0 Å². The molecule has 1 aromatic heterocycles. The zero-order chi connectivity index (χ0) is 13.4. The molecule has 0 aliphatic carbocycles. The second-order valence-corrected chi connectivity index (χ2v) is 10.2. The molecule has 1 aromatic rings. The lowest BCUT2D eigenvalue weighted by atomic mass is 10.2. The molecule has 0 amide bonds. The van der Waals surface area contributed by atoms with Gasteiger partial charge in [0.1, 0.15) is 13.8 Å². The number of rotatable bonds is 4. The van der Waals surface area contributed by atoms with Crippen molar-refractivity contribution < 1.29 is 0 Å². The molecule has 0 saturated heterocycles. The van der Waals surface area contributed by atoms with Crippen molar-refractivity contribution in [2.75, 3.05) is 0 Å². The van der Waals surface area contributed by atoms with Crippen LogP contribution in [0.4, 0.5) is 0 Å². The van der Waals surface area contributed by atoms with Crippen molar-refractivity contribution in [3.8, 4) is 11.5 Å². The maximum atomic E-state index is 4.54. The zero-order valence-electron chi connectivity index (χ0n) is 12.0. The molecule has 2 heteroatoms. The molecule has 0 atom stereocenters. The summed E-state index contributed by atoms with van der Waals surface area (Å²) in [5.41, 5.74) is 5.24. The number of pyridine rings is 1. The maximum Gasteiger partial charge on any atom is 0.129 e. The van der Waals surface area contributed by atoms with E-state index in [9.17, 15) is 0 Å². The van der Waals surface area contributed by atoms with Gasteiger partial charge in [-0.3, -0.25) is 0 Å². The molecule has 0 bridgehead atoms. The van der Waals surface area contributed by atoms with Crippen molar-refractivity contribution >= 4 is 14.1 Å². The Bertz CT molecular complexity index is 458. The first kappa shape index (κ1) is 14.7. The maximum absolute atomic E-state index is 4.54. The van der Waals surface area contributed by atoms with E-state index in [2.05, 4.69) is 55.2 Å². The summed E-state index contributed by atoms with van der Waals surface area (Å²) >= 11 is 0. The highest BCUT2D eigenvalue weighted by molar-refractivity contribution is 6.83. The number of hydrogen-bond donors (Lipinski definition) is 0. The lowest BCUT2D eigenvalue weighted by Gasteiger charge is -2.03. The molecule has 0 spiro atoms. The second kappa shape index (κ2) is 7.18. The third kappa shape index (κ3) is 6.41. The molecule has 96 valence electrons. The summed E-state index contributed by atoms with van der Waals surface area (Å²) < 4.78 is 0. The predicted molar refractivity (Wildman–Crippen MR) is 83.0 cm³/mol. The van der Waals surface area contributed by atoms with Crippen LogP contribution in [-0.2, 0) is 0 Å². The minimum absolute atomic E-state index is 0.884. The van der Waals surface area contributed by atoms with Crippen LogP contribution in [0.25, 0.3) is 6.08 Å². The zero-order valence-corrected chi connectivity index (χ0v) is 13.0. The molecule has 0 saturated carbocycles. The number of hydrogen-bond acceptors (Lipinski definition) is 1. The third-order valence-corrected chi connectivity index (χ3v) is 3.22. The van der Waals surface area contributed by atoms with Gasteiger partial charge >= 0.3 is 0 Å². The Labute approximate surface area is 112 Å². The number of aromatic nitrogens is 1. The molecular formula is C16H23NSi. The highest BCUT2D eigenvalue weighted by Crippen LogP contribution is 2.04. The summed E-state index contributed by atoms with van der Waals surface area (Å²) in [7, 11) is -1.31. The summed E-state index contributed by atoms with van der Waals surface area (Å²) in [5, 5.41) is 0. The van der Waals surface area contributed by atoms with Crippen molar-refractivity contribution in [1.82, 2.24) is 4.98 Å². The van der Waals surface area contributed by atoms with Gasteiger partial charge in [0.2, 0.25) is 0 Å². The molecule has 0 unspecified atom stereocenters. The topological polar surface area (TPSA) is 12.9 Å². The van der Waals surface area contributed by atoms with Crippen LogP contribution in [0.3, 0.4) is 0 Å². The van der Waals surface area contributed by atoms with E-state index in [1.165, 1.54) is 12.8 Å². The van der Waals surface area contributed by atoms with Crippen LogP contribution in [0.15, 0.2) is 24.3 Å². The van der Waals surface area contributed by atoms with E-state index in [0.717, 1.165) is 17.8 Å². The van der Waals surface area contributed by atoms with Crippen molar-refractivity contribution in [2.24, 2.45) is 0 Å². The number of nitrogens with zero attached hydrogens (tertiary/aromatic N) is 1. The van der Waals surface area contributed by atoms with Crippen LogP contribution in [0.1, 0.15) is 37.6 Å². The minimum atomic E-state index is -1.31. The summed E-state index contributed by atoms with van der Waals surface area (Å²) in [5.74, 6) is 3.19. The smallest absolute Gasteiger partial charge is 0.129 e. The Balaban J connectivity index is 2.73. The van der Waals surface area contributed by atoms with Crippen molar-refractivity contribution in [1.29, 1.82) is 0 Å². The van der Waals surface area contributed by atoms with Gasteiger partial charge in [0, 0.05) is 0 Å². The largest absolute Gasteiger partial charge is 0.240 e. The second-order valence-electron chi connectivity index (χ2n) is 5.49. The molecule has 0 aliphatic rings. The van der Waals surface area contributed by atoms with Gasteiger partial charge in [0.25, 0.3) is 0 Å². The Kier molecular flexibility index (Phi) is 5.87. The van der Waals surface area contributed by atoms with E-state index in [-0.39, 0.29) is 0 Å². The molecule has 1 nitrogen and oxygen atoms in total. The summed E-state index contributed by atoms with van der Waals surface area (Å²) in [6, 6.07) is 6.04. The van der Waals surface area contributed by atoms with Crippen LogP contribution in [0.2, 0.25) is 19.6 Å². The Morgan fingerprint density at radius 2 is 2.06 bits per heavy atom. The third-order valence-electron chi connectivity index (χ3n) is 2.35. The summed E-state index contributed by atoms with van der Waals surface area (Å²) in [4.78, 5) is 4.54. The standard InChI is InChI=1S/C16H23NSi/c1-5-6-7-8-10-15-11-9-12-16(17-15)13-14-18(2,3)4/h8-12H,5-7H2,1-4H3/b10-8+. The molecule has 0 radical (unpaired) electrons. The van der Waals surface area contributed by atoms with Crippen molar-refractivity contribution in [2.45, 2.75) is 45.8 Å². The van der Waals surface area contributed by atoms with Crippen molar-refractivity contribution in [3.05, 3.63) is 35.7 Å². The SMILES string of the molecule is CCCC/C=C/c1cccc(C#C[Si](C)(C)C)n1. The fourth-order valence-electron chi connectivity index (χ4n) is 1.39. The van der Waals surface area contributed by atoms with E-state index < -0.39 is 8.07 Å². The van der Waals surface area contributed by atoms with Gasteiger partial charge in [-0.25, -0.2) is 4.98 Å². The normalized spacial score (nSPS) is 11.3. The monoisotopic (exact) mass is 257 g/mol. The molecule has 1 rings (SSSR count). The predicted octanol–water partition coefficient (Wildman–Crippen LogP) is 4.51. The first-order valence-corrected chi connectivity index (χ1v) is 10.2. The molecular weight excluding hydrogens is 234 g/mol. The van der Waals surface area contributed by atoms with Gasteiger partial charge < -0.3 is 0 Å². The quantitative estimate of drug-likeness (QED) is 0.439. The molecule has 0 aliphatic heterocycles.